The van der Waals surface area contributed by atoms with Gasteiger partial charge in [-0.25, -0.2) is 9.48 Å². The molecule has 0 saturated heterocycles. The highest BCUT2D eigenvalue weighted by Crippen LogP contribution is 2.21. The quantitative estimate of drug-likeness (QED) is 0.270. The summed E-state index contributed by atoms with van der Waals surface area (Å²) in [6, 6.07) is 15.8. The first-order valence-electron chi connectivity index (χ1n) is 8.58. The Morgan fingerprint density at radius 1 is 1.25 bits per heavy atom. The fraction of sp³-hybridized carbons (Fsp3) is 0.150. The molecule has 0 aliphatic heterocycles. The number of non-ortho nitro benzene ring substituents is 1. The lowest BCUT2D eigenvalue weighted by molar-refractivity contribution is -0.385. The van der Waals surface area contributed by atoms with Crippen molar-refractivity contribution in [2.45, 2.75) is 19.6 Å². The number of carbonyl (C=O) groups is 1. The highest BCUT2D eigenvalue weighted by molar-refractivity contribution is 5.86. The Kier molecular flexibility index (Phi) is 5.91. The first kappa shape index (κ1) is 19.0. The van der Waals surface area contributed by atoms with Crippen molar-refractivity contribution in [3.8, 4) is 0 Å². The monoisotopic (exact) mass is 378 g/mol. The van der Waals surface area contributed by atoms with E-state index in [1.54, 1.807) is 29.9 Å². The van der Waals surface area contributed by atoms with Crippen molar-refractivity contribution < 1.29 is 14.5 Å². The number of benzene rings is 2. The van der Waals surface area contributed by atoms with Gasteiger partial charge in [-0.2, -0.15) is 0 Å². The lowest BCUT2D eigenvalue weighted by Gasteiger charge is -2.11. The van der Waals surface area contributed by atoms with Crippen molar-refractivity contribution in [1.82, 2.24) is 15.0 Å². The van der Waals surface area contributed by atoms with Gasteiger partial charge >= 0.3 is 5.97 Å². The van der Waals surface area contributed by atoms with E-state index in [9.17, 15) is 14.9 Å². The lowest BCUT2D eigenvalue weighted by atomic mass is 10.1. The van der Waals surface area contributed by atoms with E-state index in [-0.39, 0.29) is 5.69 Å². The third-order valence-electron chi connectivity index (χ3n) is 3.98. The number of carbonyl (C=O) groups excluding carboxylic acids is 1. The minimum absolute atomic E-state index is 0.0500. The maximum Gasteiger partial charge on any atom is 0.331 e. The SMILES string of the molecule is C[C@H](OC(=O)/C=C/c1cn(Cc2ccccc2)nn1)c1cccc([N+](=O)[O-])c1. The zero-order valence-electron chi connectivity index (χ0n) is 15.1. The maximum absolute atomic E-state index is 12.0. The molecule has 8 nitrogen and oxygen atoms in total. The van der Waals surface area contributed by atoms with E-state index >= 15 is 0 Å². The molecule has 28 heavy (non-hydrogen) atoms. The molecule has 2 aromatic carbocycles. The minimum atomic E-state index is -0.620. The van der Waals surface area contributed by atoms with Gasteiger partial charge in [0.1, 0.15) is 11.8 Å². The zero-order valence-corrected chi connectivity index (χ0v) is 15.1. The summed E-state index contributed by atoms with van der Waals surface area (Å²) < 4.78 is 6.96. The van der Waals surface area contributed by atoms with Crippen LogP contribution in [0.15, 0.2) is 66.9 Å². The van der Waals surface area contributed by atoms with Gasteiger partial charge in [-0.1, -0.05) is 47.7 Å². The number of nitro benzene ring substituents is 1. The van der Waals surface area contributed by atoms with E-state index in [1.165, 1.54) is 24.3 Å². The van der Waals surface area contributed by atoms with Gasteiger partial charge in [0.2, 0.25) is 0 Å². The van der Waals surface area contributed by atoms with Gasteiger partial charge in [0.25, 0.3) is 5.69 Å². The molecule has 3 rings (SSSR count). The third-order valence-corrected chi connectivity index (χ3v) is 3.98. The van der Waals surface area contributed by atoms with Crippen LogP contribution in [0.2, 0.25) is 0 Å². The lowest BCUT2D eigenvalue weighted by Crippen LogP contribution is -2.06. The summed E-state index contributed by atoms with van der Waals surface area (Å²) in [5.74, 6) is -0.573. The number of hydrogen-bond donors (Lipinski definition) is 0. The Bertz CT molecular complexity index is 998. The predicted molar refractivity (Wildman–Crippen MR) is 102 cm³/mol. The molecule has 0 fully saturated rings. The Morgan fingerprint density at radius 2 is 2.04 bits per heavy atom. The minimum Gasteiger partial charge on any atom is -0.455 e. The van der Waals surface area contributed by atoms with E-state index in [2.05, 4.69) is 10.3 Å². The zero-order chi connectivity index (χ0) is 19.9. The van der Waals surface area contributed by atoms with Crippen molar-refractivity contribution in [1.29, 1.82) is 0 Å². The first-order valence-corrected chi connectivity index (χ1v) is 8.58. The molecule has 0 spiro atoms. The molecule has 0 aliphatic rings. The summed E-state index contributed by atoms with van der Waals surface area (Å²) in [6.45, 7) is 2.23. The van der Waals surface area contributed by atoms with E-state index in [1.807, 2.05) is 30.3 Å². The van der Waals surface area contributed by atoms with Crippen molar-refractivity contribution in [2.75, 3.05) is 0 Å². The van der Waals surface area contributed by atoms with Crippen molar-refractivity contribution >= 4 is 17.7 Å². The van der Waals surface area contributed by atoms with Crippen LogP contribution >= 0.6 is 0 Å². The third kappa shape index (κ3) is 5.10. The van der Waals surface area contributed by atoms with Crippen LogP contribution in [-0.2, 0) is 16.1 Å². The van der Waals surface area contributed by atoms with Gasteiger partial charge in [-0.05, 0) is 24.1 Å². The van der Waals surface area contributed by atoms with Crippen LogP contribution in [0.3, 0.4) is 0 Å². The molecule has 0 unspecified atom stereocenters. The van der Waals surface area contributed by atoms with Crippen LogP contribution in [0.1, 0.15) is 29.8 Å². The highest BCUT2D eigenvalue weighted by atomic mass is 16.6. The van der Waals surface area contributed by atoms with Gasteiger partial charge in [0.15, 0.2) is 0 Å². The fourth-order valence-electron chi connectivity index (χ4n) is 2.56. The Hall–Kier alpha value is -3.81. The maximum atomic E-state index is 12.0. The molecule has 1 aromatic heterocycles. The summed E-state index contributed by atoms with van der Waals surface area (Å²) >= 11 is 0. The first-order chi connectivity index (χ1) is 13.5. The van der Waals surface area contributed by atoms with Gasteiger partial charge in [0.05, 0.1) is 17.7 Å². The number of nitro groups is 1. The number of hydrogen-bond acceptors (Lipinski definition) is 6. The van der Waals surface area contributed by atoms with Gasteiger partial charge < -0.3 is 4.74 Å². The van der Waals surface area contributed by atoms with E-state index in [4.69, 9.17) is 4.74 Å². The summed E-state index contributed by atoms with van der Waals surface area (Å²) in [6.07, 6.45) is 3.87. The fourth-order valence-corrected chi connectivity index (χ4v) is 2.56. The standard InChI is InChI=1S/C20H18N4O4/c1-15(17-8-5-9-19(12-17)24(26)27)28-20(25)11-10-18-14-23(22-21-18)13-16-6-3-2-4-7-16/h2-12,14-15H,13H2,1H3/b11-10+/t15-/m0/s1. The molecule has 0 saturated carbocycles. The van der Waals surface area contributed by atoms with Crippen molar-refractivity contribution in [3.05, 3.63) is 93.8 Å². The number of nitrogens with zero attached hydrogens (tertiary/aromatic N) is 4. The second-order valence-corrected chi connectivity index (χ2v) is 6.09. The average Bonchev–Trinajstić information content (AvgIpc) is 3.14. The molecular formula is C20H18N4O4. The predicted octanol–water partition coefficient (Wildman–Crippen LogP) is 3.55. The Labute approximate surface area is 161 Å². The summed E-state index contributed by atoms with van der Waals surface area (Å²) in [5.41, 5.74) is 2.11. The molecule has 0 radical (unpaired) electrons. The van der Waals surface area contributed by atoms with E-state index < -0.39 is 17.0 Å². The van der Waals surface area contributed by atoms with Crippen LogP contribution < -0.4 is 0 Å². The van der Waals surface area contributed by atoms with Crippen LogP contribution in [-0.4, -0.2) is 25.9 Å². The number of aromatic nitrogens is 3. The molecule has 142 valence electrons. The molecule has 0 aliphatic carbocycles. The summed E-state index contributed by atoms with van der Waals surface area (Å²) in [7, 11) is 0. The largest absolute Gasteiger partial charge is 0.455 e. The van der Waals surface area contributed by atoms with Crippen LogP contribution in [0.5, 0.6) is 0 Å². The van der Waals surface area contributed by atoms with Crippen LogP contribution in [0.4, 0.5) is 5.69 Å². The Morgan fingerprint density at radius 3 is 2.79 bits per heavy atom. The summed E-state index contributed by atoms with van der Waals surface area (Å²) in [4.78, 5) is 22.4. The van der Waals surface area contributed by atoms with Crippen LogP contribution in [0.25, 0.3) is 6.08 Å². The molecule has 1 heterocycles. The molecule has 8 heteroatoms. The van der Waals surface area contributed by atoms with Gasteiger partial charge in [-0.3, -0.25) is 10.1 Å². The highest BCUT2D eigenvalue weighted by Gasteiger charge is 2.13. The average molecular weight is 378 g/mol. The van der Waals surface area contributed by atoms with Crippen molar-refractivity contribution in [3.63, 3.8) is 0 Å². The second kappa shape index (κ2) is 8.72. The van der Waals surface area contributed by atoms with Crippen molar-refractivity contribution in [2.24, 2.45) is 0 Å². The van der Waals surface area contributed by atoms with E-state index in [0.717, 1.165) is 5.56 Å². The number of rotatable bonds is 7. The molecular weight excluding hydrogens is 360 g/mol. The normalized spacial score (nSPS) is 12.0. The number of esters is 1. The molecule has 0 N–H and O–H groups in total. The smallest absolute Gasteiger partial charge is 0.331 e. The van der Waals surface area contributed by atoms with E-state index in [0.29, 0.717) is 17.8 Å². The molecule has 3 aromatic rings. The Balaban J connectivity index is 1.58. The topological polar surface area (TPSA) is 100 Å². The van der Waals surface area contributed by atoms with Gasteiger partial charge in [0, 0.05) is 18.2 Å². The molecule has 0 amide bonds. The second-order valence-electron chi connectivity index (χ2n) is 6.09. The molecule has 0 bridgehead atoms. The van der Waals surface area contributed by atoms with Gasteiger partial charge in [-0.15, -0.1) is 5.10 Å². The number of ether oxygens (including phenoxy) is 1. The van der Waals surface area contributed by atoms with Crippen LogP contribution in [0, 0.1) is 10.1 Å². The summed E-state index contributed by atoms with van der Waals surface area (Å²) in [5, 5.41) is 18.9. The molecule has 1 atom stereocenters.